The Balaban J connectivity index is 3.21. The van der Waals surface area contributed by atoms with Crippen molar-refractivity contribution in [3.63, 3.8) is 0 Å². The summed E-state index contributed by atoms with van der Waals surface area (Å²) in [5.74, 6) is -1.89. The highest BCUT2D eigenvalue weighted by molar-refractivity contribution is 5.75. The molecule has 1 unspecified atom stereocenters. The van der Waals surface area contributed by atoms with Crippen LogP contribution in [0.4, 0.5) is 13.2 Å². The average molecular weight is 275 g/mol. The number of carbonyl (C=O) groups excluding carboxylic acids is 1. The number of amides is 1. The molecule has 19 heavy (non-hydrogen) atoms. The Morgan fingerprint density at radius 1 is 1.32 bits per heavy atom. The Hall–Kier alpha value is -2.05. The lowest BCUT2D eigenvalue weighted by Crippen LogP contribution is -2.29. The van der Waals surface area contributed by atoms with Crippen molar-refractivity contribution in [2.75, 3.05) is 0 Å². The summed E-state index contributed by atoms with van der Waals surface area (Å²) < 4.78 is 38.5. The molecule has 0 saturated heterocycles. The Morgan fingerprint density at radius 3 is 2.37 bits per heavy atom. The molecule has 1 amide bonds. The molecule has 0 aliphatic rings. The summed E-state index contributed by atoms with van der Waals surface area (Å²) in [6, 6.07) is 3.37. The molecule has 1 rings (SSSR count). The Bertz CT molecular complexity index is 469. The van der Waals surface area contributed by atoms with E-state index in [2.05, 4.69) is 5.32 Å². The zero-order valence-electron chi connectivity index (χ0n) is 9.99. The summed E-state index contributed by atoms with van der Waals surface area (Å²) in [6.45, 7) is 1.12. The molecule has 0 aliphatic carbocycles. The molecule has 0 heterocycles. The quantitative estimate of drug-likeness (QED) is 0.886. The molecule has 104 valence electrons. The lowest BCUT2D eigenvalue weighted by atomic mass is 9.97. The van der Waals surface area contributed by atoms with Gasteiger partial charge in [0, 0.05) is 6.92 Å². The zero-order valence-corrected chi connectivity index (χ0v) is 9.99. The second-order valence-corrected chi connectivity index (χ2v) is 3.94. The smallest absolute Gasteiger partial charge is 0.416 e. The van der Waals surface area contributed by atoms with Gasteiger partial charge in [-0.2, -0.15) is 13.2 Å². The van der Waals surface area contributed by atoms with Gasteiger partial charge in [0.05, 0.1) is 18.0 Å². The molecule has 0 aromatic heterocycles. The summed E-state index contributed by atoms with van der Waals surface area (Å²) in [4.78, 5) is 21.7. The van der Waals surface area contributed by atoms with Crippen LogP contribution in [0.1, 0.15) is 30.5 Å². The topological polar surface area (TPSA) is 66.4 Å². The van der Waals surface area contributed by atoms with E-state index in [1.54, 1.807) is 0 Å². The maximum absolute atomic E-state index is 12.8. The summed E-state index contributed by atoms with van der Waals surface area (Å²) in [5, 5.41) is 10.9. The van der Waals surface area contributed by atoms with E-state index < -0.39 is 36.1 Å². The number of carbonyl (C=O) groups is 2. The van der Waals surface area contributed by atoms with E-state index in [-0.39, 0.29) is 5.56 Å². The molecule has 4 nitrogen and oxygen atoms in total. The molecule has 1 atom stereocenters. The summed E-state index contributed by atoms with van der Waals surface area (Å²) in [7, 11) is 0. The molecule has 0 fully saturated rings. The van der Waals surface area contributed by atoms with E-state index in [1.165, 1.54) is 12.1 Å². The fraction of sp³-hybridized carbons (Fsp3) is 0.333. The molecule has 0 spiro atoms. The normalized spacial score (nSPS) is 12.8. The Labute approximate surface area is 107 Å². The van der Waals surface area contributed by atoms with Gasteiger partial charge in [-0.15, -0.1) is 0 Å². The van der Waals surface area contributed by atoms with Crippen LogP contribution in [0.5, 0.6) is 0 Å². The second kappa shape index (κ2) is 5.73. The molecule has 0 bridgehead atoms. The number of benzene rings is 1. The Morgan fingerprint density at radius 2 is 1.89 bits per heavy atom. The number of carboxylic acids is 1. The minimum atomic E-state index is -4.61. The predicted octanol–water partition coefficient (Wildman–Crippen LogP) is 2.36. The largest absolute Gasteiger partial charge is 0.481 e. The molecule has 7 heteroatoms. The highest BCUT2D eigenvalue weighted by atomic mass is 19.4. The van der Waals surface area contributed by atoms with Crippen molar-refractivity contribution in [1.29, 1.82) is 0 Å². The molecular formula is C12H12F3NO3. The van der Waals surface area contributed by atoms with E-state index >= 15 is 0 Å². The van der Waals surface area contributed by atoms with Gasteiger partial charge in [-0.3, -0.25) is 9.59 Å². The van der Waals surface area contributed by atoms with Gasteiger partial charge in [-0.05, 0) is 11.6 Å². The van der Waals surface area contributed by atoms with Gasteiger partial charge in [-0.1, -0.05) is 18.2 Å². The number of nitrogens with one attached hydrogen (secondary N) is 1. The highest BCUT2D eigenvalue weighted by Gasteiger charge is 2.35. The lowest BCUT2D eigenvalue weighted by molar-refractivity contribution is -0.141. The van der Waals surface area contributed by atoms with Gasteiger partial charge >= 0.3 is 12.1 Å². The molecule has 2 N–H and O–H groups in total. The van der Waals surface area contributed by atoms with Crippen LogP contribution < -0.4 is 5.32 Å². The van der Waals surface area contributed by atoms with E-state index in [1.807, 2.05) is 0 Å². The summed E-state index contributed by atoms with van der Waals surface area (Å²) in [6.07, 6.45) is -5.22. The second-order valence-electron chi connectivity index (χ2n) is 3.94. The fourth-order valence-electron chi connectivity index (χ4n) is 1.72. The first-order valence-electron chi connectivity index (χ1n) is 5.37. The first-order chi connectivity index (χ1) is 8.71. The number of hydrogen-bond donors (Lipinski definition) is 2. The lowest BCUT2D eigenvalue weighted by Gasteiger charge is -2.21. The first-order valence-corrected chi connectivity index (χ1v) is 5.37. The van der Waals surface area contributed by atoms with E-state index in [4.69, 9.17) is 5.11 Å². The van der Waals surface area contributed by atoms with Crippen molar-refractivity contribution >= 4 is 11.9 Å². The summed E-state index contributed by atoms with van der Waals surface area (Å²) in [5.41, 5.74) is -1.21. The molecule has 1 aromatic rings. The maximum atomic E-state index is 12.8. The SMILES string of the molecule is CC(=O)NC(CC(=O)O)c1ccccc1C(F)(F)F. The third kappa shape index (κ3) is 4.27. The van der Waals surface area contributed by atoms with E-state index in [0.717, 1.165) is 19.1 Å². The average Bonchev–Trinajstić information content (AvgIpc) is 2.25. The highest BCUT2D eigenvalue weighted by Crippen LogP contribution is 2.35. The van der Waals surface area contributed by atoms with E-state index in [0.29, 0.717) is 0 Å². The summed E-state index contributed by atoms with van der Waals surface area (Å²) >= 11 is 0. The van der Waals surface area contributed by atoms with Crippen molar-refractivity contribution in [2.45, 2.75) is 25.6 Å². The van der Waals surface area contributed by atoms with Crippen molar-refractivity contribution in [1.82, 2.24) is 5.32 Å². The number of alkyl halides is 3. The van der Waals surface area contributed by atoms with Crippen molar-refractivity contribution in [3.05, 3.63) is 35.4 Å². The van der Waals surface area contributed by atoms with Gasteiger partial charge in [0.25, 0.3) is 0 Å². The Kier molecular flexibility index (Phi) is 4.52. The van der Waals surface area contributed by atoms with Gasteiger partial charge in [0.2, 0.25) is 5.91 Å². The van der Waals surface area contributed by atoms with Crippen LogP contribution in [0.3, 0.4) is 0 Å². The van der Waals surface area contributed by atoms with Crippen LogP contribution in [-0.2, 0) is 15.8 Å². The number of aliphatic carboxylic acids is 1. The minimum Gasteiger partial charge on any atom is -0.481 e. The van der Waals surface area contributed by atoms with Crippen LogP contribution in [-0.4, -0.2) is 17.0 Å². The third-order valence-electron chi connectivity index (χ3n) is 2.40. The van der Waals surface area contributed by atoms with Crippen molar-refractivity contribution in [2.24, 2.45) is 0 Å². The molecular weight excluding hydrogens is 263 g/mol. The molecule has 1 aromatic carbocycles. The number of halogens is 3. The van der Waals surface area contributed by atoms with Crippen LogP contribution in [0.2, 0.25) is 0 Å². The monoisotopic (exact) mass is 275 g/mol. The van der Waals surface area contributed by atoms with Crippen molar-refractivity contribution < 1.29 is 27.9 Å². The van der Waals surface area contributed by atoms with Crippen LogP contribution >= 0.6 is 0 Å². The minimum absolute atomic E-state index is 0.257. The number of hydrogen-bond acceptors (Lipinski definition) is 2. The van der Waals surface area contributed by atoms with Gasteiger partial charge < -0.3 is 10.4 Å². The maximum Gasteiger partial charge on any atom is 0.416 e. The number of carboxylic acid groups (broad SMARTS) is 1. The fourth-order valence-corrected chi connectivity index (χ4v) is 1.72. The van der Waals surface area contributed by atoms with Gasteiger partial charge in [0.1, 0.15) is 0 Å². The van der Waals surface area contributed by atoms with Gasteiger partial charge in [0.15, 0.2) is 0 Å². The zero-order chi connectivity index (χ0) is 14.6. The first kappa shape index (κ1) is 15.0. The van der Waals surface area contributed by atoms with E-state index in [9.17, 15) is 22.8 Å². The molecule has 0 radical (unpaired) electrons. The predicted molar refractivity (Wildman–Crippen MR) is 60.3 cm³/mol. The third-order valence-corrected chi connectivity index (χ3v) is 2.40. The standard InChI is InChI=1S/C12H12F3NO3/c1-7(17)16-10(6-11(18)19)8-4-2-3-5-9(8)12(13,14)15/h2-5,10H,6H2,1H3,(H,16,17)(H,18,19). The van der Waals surface area contributed by atoms with Gasteiger partial charge in [-0.25, -0.2) is 0 Å². The van der Waals surface area contributed by atoms with Crippen LogP contribution in [0, 0.1) is 0 Å². The molecule has 0 aliphatic heterocycles. The van der Waals surface area contributed by atoms with Crippen LogP contribution in [0.15, 0.2) is 24.3 Å². The van der Waals surface area contributed by atoms with Crippen LogP contribution in [0.25, 0.3) is 0 Å². The molecule has 0 saturated carbocycles. The van der Waals surface area contributed by atoms with Crippen molar-refractivity contribution in [3.8, 4) is 0 Å². The number of rotatable bonds is 4.